The number of aromatic nitrogens is 3. The quantitative estimate of drug-likeness (QED) is 0.197. The Morgan fingerprint density at radius 3 is 2.18 bits per heavy atom. The van der Waals surface area contributed by atoms with Crippen LogP contribution in [0.15, 0.2) is 36.7 Å². The molecule has 2 aliphatic carbocycles. The molecule has 8 nitrogen and oxygen atoms in total. The van der Waals surface area contributed by atoms with Crippen molar-refractivity contribution in [1.82, 2.24) is 15.0 Å². The van der Waals surface area contributed by atoms with E-state index in [4.69, 9.17) is 14.8 Å². The Bertz CT molecular complexity index is 1650. The van der Waals surface area contributed by atoms with Gasteiger partial charge in [0.2, 0.25) is 11.9 Å². The van der Waals surface area contributed by atoms with Crippen LogP contribution in [0.4, 0.5) is 32.3 Å². The number of anilines is 1. The van der Waals surface area contributed by atoms with Gasteiger partial charge in [-0.2, -0.15) is 13.2 Å². The van der Waals surface area contributed by atoms with E-state index in [1.807, 2.05) is 18.7 Å². The maximum atomic E-state index is 17.2. The van der Waals surface area contributed by atoms with Crippen LogP contribution in [0.25, 0.3) is 0 Å². The van der Waals surface area contributed by atoms with Crippen LogP contribution >= 0.6 is 0 Å². The maximum absolute atomic E-state index is 17.2. The number of aliphatic hydroxyl groups is 3. The van der Waals surface area contributed by atoms with Crippen molar-refractivity contribution in [1.29, 1.82) is 0 Å². The number of alkyl halides is 6. The molecule has 1 aliphatic heterocycles. The predicted molar refractivity (Wildman–Crippen MR) is 177 cm³/mol. The van der Waals surface area contributed by atoms with Gasteiger partial charge in [-0.3, -0.25) is 4.98 Å². The van der Waals surface area contributed by atoms with E-state index in [2.05, 4.69) is 9.97 Å². The van der Waals surface area contributed by atoms with Crippen LogP contribution < -0.4 is 9.64 Å². The number of hydrogen-bond donors (Lipinski definition) is 3. The molecule has 278 valence electrons. The molecular formula is C37H44F6N4O4. The zero-order valence-electron chi connectivity index (χ0n) is 28.6. The summed E-state index contributed by atoms with van der Waals surface area (Å²) in [5.74, 6) is -2.85. The predicted octanol–water partition coefficient (Wildman–Crippen LogP) is 7.36. The van der Waals surface area contributed by atoms with Gasteiger partial charge in [-0.25, -0.2) is 23.1 Å². The summed E-state index contributed by atoms with van der Waals surface area (Å²) >= 11 is 0. The fourth-order valence-electron chi connectivity index (χ4n) is 7.86. The first kappa shape index (κ1) is 37.3. The molecule has 0 bridgehead atoms. The minimum atomic E-state index is -4.61. The van der Waals surface area contributed by atoms with Crippen LogP contribution in [0, 0.1) is 5.41 Å². The molecule has 3 atom stereocenters. The van der Waals surface area contributed by atoms with Crippen molar-refractivity contribution in [3.05, 3.63) is 75.9 Å². The highest BCUT2D eigenvalue weighted by molar-refractivity contribution is 5.51. The fourth-order valence-corrected chi connectivity index (χ4v) is 7.86. The standard InChI is InChI=1S/C37H44F6N4O4/c1-35(2)15-27-30(28(50)16-35)29(21-7-11-36(39,40)12-8-21)31(32(38)22-3-5-24(6-4-22)37(41,42)43)33(46-27)23-9-13-47(14-10-23)34-44-17-26(18-45-34)51-20-25(49)19-48/h3-6,17-18,21,23,25,28,32,48-50H,7-16,19-20H2,1-2H3. The van der Waals surface area contributed by atoms with E-state index in [9.17, 15) is 32.2 Å². The molecule has 3 aliphatic rings. The Kier molecular flexibility index (Phi) is 10.6. The second kappa shape index (κ2) is 14.5. The molecule has 6 rings (SSSR count). The molecule has 2 fully saturated rings. The van der Waals surface area contributed by atoms with Crippen LogP contribution in [0.3, 0.4) is 0 Å². The first-order chi connectivity index (χ1) is 24.0. The minimum Gasteiger partial charge on any atom is -0.488 e. The average Bonchev–Trinajstić information content (AvgIpc) is 3.09. The van der Waals surface area contributed by atoms with Gasteiger partial charge in [0.05, 0.1) is 36.4 Å². The molecule has 3 aromatic rings. The van der Waals surface area contributed by atoms with Gasteiger partial charge < -0.3 is 25.0 Å². The summed E-state index contributed by atoms with van der Waals surface area (Å²) in [5.41, 5.74) is 1.01. The second-order valence-corrected chi connectivity index (χ2v) is 15.0. The Balaban J connectivity index is 1.38. The molecule has 0 spiro atoms. The van der Waals surface area contributed by atoms with Crippen molar-refractivity contribution in [2.45, 2.75) is 108 Å². The summed E-state index contributed by atoms with van der Waals surface area (Å²) in [5, 5.41) is 30.1. The van der Waals surface area contributed by atoms with Gasteiger partial charge in [0.25, 0.3) is 0 Å². The van der Waals surface area contributed by atoms with E-state index in [0.29, 0.717) is 73.0 Å². The van der Waals surface area contributed by atoms with Gasteiger partial charge in [0, 0.05) is 48.7 Å². The van der Waals surface area contributed by atoms with Gasteiger partial charge in [0.15, 0.2) is 11.9 Å². The molecule has 1 saturated heterocycles. The van der Waals surface area contributed by atoms with Crippen LogP contribution in [0.1, 0.15) is 122 Å². The Morgan fingerprint density at radius 1 is 0.961 bits per heavy atom. The lowest BCUT2D eigenvalue weighted by atomic mass is 9.68. The number of hydrogen-bond acceptors (Lipinski definition) is 8. The summed E-state index contributed by atoms with van der Waals surface area (Å²) < 4.78 is 91.8. The van der Waals surface area contributed by atoms with Crippen molar-refractivity contribution in [2.24, 2.45) is 5.41 Å². The average molecular weight is 723 g/mol. The monoisotopic (exact) mass is 722 g/mol. The summed E-state index contributed by atoms with van der Waals surface area (Å²) in [6, 6.07) is 3.92. The van der Waals surface area contributed by atoms with Gasteiger partial charge in [-0.15, -0.1) is 0 Å². The van der Waals surface area contributed by atoms with Crippen LogP contribution in [0.2, 0.25) is 0 Å². The highest BCUT2D eigenvalue weighted by Crippen LogP contribution is 2.52. The third-order valence-corrected chi connectivity index (χ3v) is 10.5. The first-order valence-corrected chi connectivity index (χ1v) is 17.5. The van der Waals surface area contributed by atoms with Crippen LogP contribution in [0.5, 0.6) is 5.75 Å². The van der Waals surface area contributed by atoms with Crippen molar-refractivity contribution < 1.29 is 46.4 Å². The van der Waals surface area contributed by atoms with E-state index >= 15 is 4.39 Å². The molecule has 0 amide bonds. The Morgan fingerprint density at radius 2 is 1.59 bits per heavy atom. The molecule has 0 radical (unpaired) electrons. The fraction of sp³-hybridized carbons (Fsp3) is 0.595. The molecule has 3 N–H and O–H groups in total. The molecule has 14 heteroatoms. The van der Waals surface area contributed by atoms with E-state index in [1.54, 1.807) is 0 Å². The van der Waals surface area contributed by atoms with Crippen molar-refractivity contribution in [3.8, 4) is 5.75 Å². The lowest BCUT2D eigenvalue weighted by Gasteiger charge is -2.41. The van der Waals surface area contributed by atoms with Gasteiger partial charge >= 0.3 is 6.18 Å². The van der Waals surface area contributed by atoms with Gasteiger partial charge in [-0.05, 0) is 73.1 Å². The summed E-state index contributed by atoms with van der Waals surface area (Å²) in [7, 11) is 0. The van der Waals surface area contributed by atoms with Crippen molar-refractivity contribution in [2.75, 3.05) is 31.2 Å². The SMILES string of the molecule is CC1(C)Cc2nc(C3CCN(c4ncc(OCC(O)CO)cn4)CC3)c(C(F)c3ccc(C(F)(F)F)cc3)c(C3CCC(F)(F)CC3)c2C(O)C1. The summed E-state index contributed by atoms with van der Waals surface area (Å²) in [6.07, 6.45) is -4.33. The number of piperidine rings is 1. The first-order valence-electron chi connectivity index (χ1n) is 17.5. The normalized spacial score (nSPS) is 22.3. The molecule has 1 aromatic carbocycles. The molecule has 3 heterocycles. The number of benzene rings is 1. The molecule has 2 aromatic heterocycles. The zero-order valence-corrected chi connectivity index (χ0v) is 28.6. The second-order valence-electron chi connectivity index (χ2n) is 15.0. The highest BCUT2D eigenvalue weighted by Gasteiger charge is 2.44. The third-order valence-electron chi connectivity index (χ3n) is 10.5. The number of halogens is 6. The number of nitrogens with zero attached hydrogens (tertiary/aromatic N) is 4. The molecular weight excluding hydrogens is 678 g/mol. The highest BCUT2D eigenvalue weighted by atomic mass is 19.4. The maximum Gasteiger partial charge on any atom is 0.416 e. The zero-order chi connectivity index (χ0) is 36.7. The lowest BCUT2D eigenvalue weighted by molar-refractivity contribution is -0.137. The molecule has 51 heavy (non-hydrogen) atoms. The van der Waals surface area contributed by atoms with Crippen LogP contribution in [-0.4, -0.2) is 68.6 Å². The number of pyridine rings is 1. The molecule has 3 unspecified atom stereocenters. The molecule has 1 saturated carbocycles. The van der Waals surface area contributed by atoms with Gasteiger partial charge in [0.1, 0.15) is 12.7 Å². The largest absolute Gasteiger partial charge is 0.488 e. The van der Waals surface area contributed by atoms with E-state index in [0.717, 1.165) is 24.3 Å². The van der Waals surface area contributed by atoms with E-state index < -0.39 is 48.6 Å². The summed E-state index contributed by atoms with van der Waals surface area (Å²) in [6.45, 7) is 4.41. The van der Waals surface area contributed by atoms with Crippen LogP contribution in [-0.2, 0) is 12.6 Å². The number of fused-ring (bicyclic) bond motifs is 1. The number of ether oxygens (including phenoxy) is 1. The smallest absolute Gasteiger partial charge is 0.416 e. The van der Waals surface area contributed by atoms with E-state index in [1.165, 1.54) is 12.4 Å². The summed E-state index contributed by atoms with van der Waals surface area (Å²) in [4.78, 5) is 15.8. The van der Waals surface area contributed by atoms with Crippen molar-refractivity contribution >= 4 is 5.95 Å². The Labute approximate surface area is 292 Å². The number of aliphatic hydroxyl groups excluding tert-OH is 3. The lowest BCUT2D eigenvalue weighted by Crippen LogP contribution is -2.36. The topological polar surface area (TPSA) is 112 Å². The van der Waals surface area contributed by atoms with Crippen molar-refractivity contribution in [3.63, 3.8) is 0 Å². The Hall–Kier alpha value is -3.49. The third kappa shape index (κ3) is 8.28. The minimum absolute atomic E-state index is 0.00123. The van der Waals surface area contributed by atoms with E-state index in [-0.39, 0.29) is 54.7 Å². The van der Waals surface area contributed by atoms with Gasteiger partial charge in [-0.1, -0.05) is 26.0 Å². The number of rotatable bonds is 9.